The van der Waals surface area contributed by atoms with Crippen LogP contribution >= 0.6 is 0 Å². The van der Waals surface area contributed by atoms with Crippen molar-refractivity contribution in [3.8, 4) is 0 Å². The predicted molar refractivity (Wildman–Crippen MR) is 99.3 cm³/mol. The van der Waals surface area contributed by atoms with E-state index in [0.29, 0.717) is 11.3 Å². The molecule has 0 fully saturated rings. The average molecular weight is 338 g/mol. The largest absolute Gasteiger partial charge is 0.355 e. The van der Waals surface area contributed by atoms with Gasteiger partial charge in [-0.15, -0.1) is 0 Å². The molecule has 1 aliphatic rings. The summed E-state index contributed by atoms with van der Waals surface area (Å²) >= 11 is 0. The lowest BCUT2D eigenvalue weighted by molar-refractivity contribution is 0.0937. The van der Waals surface area contributed by atoms with Crippen LogP contribution in [0.5, 0.6) is 0 Å². The van der Waals surface area contributed by atoms with Gasteiger partial charge in [-0.25, -0.2) is 0 Å². The van der Waals surface area contributed by atoms with E-state index in [4.69, 9.17) is 0 Å². The van der Waals surface area contributed by atoms with Crippen LogP contribution in [0.4, 0.5) is 0 Å². The quantitative estimate of drug-likeness (QED) is 0.808. The van der Waals surface area contributed by atoms with Gasteiger partial charge in [0.15, 0.2) is 11.6 Å². The van der Waals surface area contributed by atoms with Gasteiger partial charge in [-0.05, 0) is 63.6 Å². The molecule has 0 unspecified atom stereocenters. The van der Waals surface area contributed by atoms with Gasteiger partial charge in [-0.1, -0.05) is 24.3 Å². The number of aromatic amines is 1. The molecule has 1 aromatic heterocycles. The summed E-state index contributed by atoms with van der Waals surface area (Å²) in [4.78, 5) is 27.9. The topological polar surface area (TPSA) is 62.0 Å². The highest BCUT2D eigenvalue weighted by Gasteiger charge is 2.27. The van der Waals surface area contributed by atoms with E-state index in [0.717, 1.165) is 30.5 Å². The van der Waals surface area contributed by atoms with Crippen LogP contribution in [0.2, 0.25) is 0 Å². The third-order valence-electron chi connectivity index (χ3n) is 5.25. The normalized spacial score (nSPS) is 17.8. The summed E-state index contributed by atoms with van der Waals surface area (Å²) in [5.74, 6) is 0.00303. The molecule has 2 atom stereocenters. The molecule has 1 aliphatic carbocycles. The minimum absolute atomic E-state index is 0.00730. The van der Waals surface area contributed by atoms with Crippen molar-refractivity contribution < 1.29 is 9.59 Å². The second kappa shape index (κ2) is 6.96. The second-order valence-corrected chi connectivity index (χ2v) is 7.08. The van der Waals surface area contributed by atoms with Gasteiger partial charge in [0.2, 0.25) is 0 Å². The zero-order chi connectivity index (χ0) is 18.1. The maximum Gasteiger partial charge on any atom is 0.195 e. The number of rotatable bonds is 5. The molecule has 2 aromatic rings. The third kappa shape index (κ3) is 3.31. The number of carbonyl (C=O) groups is 2. The number of hydrogen-bond acceptors (Lipinski definition) is 3. The number of Topliss-reactive ketones (excluding diaryl/α,β-unsaturated/α-hetero) is 2. The van der Waals surface area contributed by atoms with Crippen LogP contribution in [0.3, 0.4) is 0 Å². The van der Waals surface area contributed by atoms with Crippen LogP contribution in [0, 0.1) is 13.8 Å². The van der Waals surface area contributed by atoms with Gasteiger partial charge in [-0.3, -0.25) is 9.59 Å². The molecule has 0 radical (unpaired) electrons. The van der Waals surface area contributed by atoms with E-state index in [1.54, 1.807) is 0 Å². The molecular weight excluding hydrogens is 312 g/mol. The Kier molecular flexibility index (Phi) is 4.91. The standard InChI is InChI=1S/C21H26N2O2/c1-12-19(15(4)24)13(2)23-20(12)21(25)14(3)22-18-11-7-9-16-8-5-6-10-17(16)18/h5-6,8,10,14,18,22-23H,7,9,11H2,1-4H3/t14-,18+/m0/s1. The number of ketones is 2. The number of H-pyrrole nitrogens is 1. The molecule has 0 amide bonds. The monoisotopic (exact) mass is 338 g/mol. The molecule has 132 valence electrons. The Morgan fingerprint density at radius 1 is 1.24 bits per heavy atom. The number of nitrogens with one attached hydrogen (secondary N) is 2. The molecule has 1 aromatic carbocycles. The van der Waals surface area contributed by atoms with Crippen molar-refractivity contribution in [2.75, 3.05) is 0 Å². The van der Waals surface area contributed by atoms with Crippen molar-refractivity contribution in [2.45, 2.75) is 59.0 Å². The van der Waals surface area contributed by atoms with Gasteiger partial charge < -0.3 is 10.3 Å². The molecule has 0 bridgehead atoms. The SMILES string of the molecule is CC(=O)c1c(C)[nH]c(C(=O)[C@H](C)N[C@@H]2CCCc3ccccc32)c1C. The highest BCUT2D eigenvalue weighted by molar-refractivity contribution is 6.05. The molecule has 0 saturated carbocycles. The van der Waals surface area contributed by atoms with E-state index in [-0.39, 0.29) is 23.7 Å². The van der Waals surface area contributed by atoms with E-state index in [9.17, 15) is 9.59 Å². The van der Waals surface area contributed by atoms with Gasteiger partial charge >= 0.3 is 0 Å². The Morgan fingerprint density at radius 3 is 2.64 bits per heavy atom. The van der Waals surface area contributed by atoms with Crippen molar-refractivity contribution in [3.05, 3.63) is 57.9 Å². The van der Waals surface area contributed by atoms with Crippen molar-refractivity contribution in [2.24, 2.45) is 0 Å². The molecule has 0 aliphatic heterocycles. The summed E-state index contributed by atoms with van der Waals surface area (Å²) in [7, 11) is 0. The number of benzene rings is 1. The fourth-order valence-electron chi connectivity index (χ4n) is 4.05. The maximum absolute atomic E-state index is 12.9. The number of hydrogen-bond donors (Lipinski definition) is 2. The Hall–Kier alpha value is -2.20. The van der Waals surface area contributed by atoms with Crippen LogP contribution in [-0.4, -0.2) is 22.6 Å². The zero-order valence-corrected chi connectivity index (χ0v) is 15.4. The molecule has 0 spiro atoms. The van der Waals surface area contributed by atoms with E-state index in [1.165, 1.54) is 18.1 Å². The molecule has 3 rings (SSSR count). The Balaban J connectivity index is 1.81. The summed E-state index contributed by atoms with van der Waals surface area (Å²) < 4.78 is 0. The average Bonchev–Trinajstić information content (AvgIpc) is 2.89. The minimum atomic E-state index is -0.312. The Labute approximate surface area is 149 Å². The van der Waals surface area contributed by atoms with Gasteiger partial charge in [0.25, 0.3) is 0 Å². The molecule has 4 heteroatoms. The molecule has 25 heavy (non-hydrogen) atoms. The van der Waals surface area contributed by atoms with E-state index in [2.05, 4.69) is 34.6 Å². The molecule has 1 heterocycles. The lowest BCUT2D eigenvalue weighted by Crippen LogP contribution is -2.38. The van der Waals surface area contributed by atoms with Gasteiger partial charge in [-0.2, -0.15) is 0 Å². The van der Waals surface area contributed by atoms with Crippen LogP contribution in [-0.2, 0) is 6.42 Å². The van der Waals surface area contributed by atoms with Crippen molar-refractivity contribution in [1.82, 2.24) is 10.3 Å². The summed E-state index contributed by atoms with van der Waals surface area (Å²) in [5.41, 5.74) is 5.38. The first-order valence-electron chi connectivity index (χ1n) is 8.98. The summed E-state index contributed by atoms with van der Waals surface area (Å²) in [6.45, 7) is 7.13. The van der Waals surface area contributed by atoms with Crippen LogP contribution in [0.15, 0.2) is 24.3 Å². The van der Waals surface area contributed by atoms with Crippen LogP contribution in [0.25, 0.3) is 0 Å². The Bertz CT molecular complexity index is 819. The van der Waals surface area contributed by atoms with Gasteiger partial charge in [0.1, 0.15) is 0 Å². The van der Waals surface area contributed by atoms with Gasteiger partial charge in [0.05, 0.1) is 11.7 Å². The molecule has 2 N–H and O–H groups in total. The summed E-state index contributed by atoms with van der Waals surface area (Å²) in [5, 5.41) is 3.50. The third-order valence-corrected chi connectivity index (χ3v) is 5.25. The number of aromatic nitrogens is 1. The summed E-state index contributed by atoms with van der Waals surface area (Å²) in [6.07, 6.45) is 3.27. The number of aryl methyl sites for hydroxylation is 2. The van der Waals surface area contributed by atoms with Crippen molar-refractivity contribution in [3.63, 3.8) is 0 Å². The lowest BCUT2D eigenvalue weighted by Gasteiger charge is -2.28. The second-order valence-electron chi connectivity index (χ2n) is 7.08. The smallest absolute Gasteiger partial charge is 0.195 e. The summed E-state index contributed by atoms with van der Waals surface area (Å²) in [6, 6.07) is 8.35. The molecular formula is C21H26N2O2. The minimum Gasteiger partial charge on any atom is -0.355 e. The van der Waals surface area contributed by atoms with E-state index < -0.39 is 0 Å². The fourth-order valence-corrected chi connectivity index (χ4v) is 4.05. The first kappa shape index (κ1) is 17.6. The van der Waals surface area contributed by atoms with Crippen molar-refractivity contribution in [1.29, 1.82) is 0 Å². The molecule has 4 nitrogen and oxygen atoms in total. The number of carbonyl (C=O) groups excluding carboxylic acids is 2. The van der Waals surface area contributed by atoms with Crippen molar-refractivity contribution >= 4 is 11.6 Å². The first-order valence-corrected chi connectivity index (χ1v) is 8.98. The maximum atomic E-state index is 12.9. The highest BCUT2D eigenvalue weighted by atomic mass is 16.1. The van der Waals surface area contributed by atoms with Crippen LogP contribution in [0.1, 0.15) is 76.0 Å². The Morgan fingerprint density at radius 2 is 1.96 bits per heavy atom. The van der Waals surface area contributed by atoms with E-state index in [1.807, 2.05) is 20.8 Å². The van der Waals surface area contributed by atoms with Crippen LogP contribution < -0.4 is 5.32 Å². The lowest BCUT2D eigenvalue weighted by atomic mass is 9.87. The van der Waals surface area contributed by atoms with E-state index >= 15 is 0 Å². The highest BCUT2D eigenvalue weighted by Crippen LogP contribution is 2.30. The zero-order valence-electron chi connectivity index (χ0n) is 15.4. The first-order chi connectivity index (χ1) is 11.9. The fraction of sp³-hybridized carbons (Fsp3) is 0.429. The number of fused-ring (bicyclic) bond motifs is 1. The predicted octanol–water partition coefficient (Wildman–Crippen LogP) is 4.07. The van der Waals surface area contributed by atoms with Gasteiger partial charge in [0, 0.05) is 17.3 Å². The molecule has 0 saturated heterocycles.